The molecule has 0 aromatic heterocycles. The van der Waals surface area contributed by atoms with Crippen molar-refractivity contribution in [3.8, 4) is 11.5 Å². The van der Waals surface area contributed by atoms with E-state index in [9.17, 15) is 8.42 Å². The molecule has 24 heavy (non-hydrogen) atoms. The highest BCUT2D eigenvalue weighted by molar-refractivity contribution is 7.84. The van der Waals surface area contributed by atoms with Crippen LogP contribution in [0.15, 0.2) is 42.5 Å². The van der Waals surface area contributed by atoms with Gasteiger partial charge >= 0.3 is 10.3 Å². The minimum absolute atomic E-state index is 0.134. The van der Waals surface area contributed by atoms with E-state index in [0.29, 0.717) is 5.75 Å². The summed E-state index contributed by atoms with van der Waals surface area (Å²) >= 11 is 0. The van der Waals surface area contributed by atoms with Gasteiger partial charge < -0.3 is 8.92 Å². The summed E-state index contributed by atoms with van der Waals surface area (Å²) in [7, 11) is -2.60. The number of hydrogen-bond donors (Lipinski definition) is 1. The molecule has 0 saturated heterocycles. The zero-order chi connectivity index (χ0) is 17.2. The van der Waals surface area contributed by atoms with Crippen molar-refractivity contribution in [2.75, 3.05) is 13.7 Å². The molecule has 128 valence electrons. The number of ether oxygens (including phenoxy) is 1. The number of nitrogens with two attached hydrogens (primary N) is 1. The highest BCUT2D eigenvalue weighted by Crippen LogP contribution is 2.34. The zero-order valence-corrected chi connectivity index (χ0v) is 14.3. The lowest BCUT2D eigenvalue weighted by atomic mass is 9.98. The molecule has 0 unspecified atom stereocenters. The fourth-order valence-electron chi connectivity index (χ4n) is 2.95. The first-order chi connectivity index (χ1) is 11.4. The molecule has 0 aliphatic carbocycles. The van der Waals surface area contributed by atoms with E-state index in [4.69, 9.17) is 14.1 Å². The SMILES string of the molecule is COc1cc2c(cc1OS(N)(=O)=O)CCN(Cc1ccccc1)C2. The number of rotatable bonds is 5. The van der Waals surface area contributed by atoms with Gasteiger partial charge in [0.1, 0.15) is 0 Å². The van der Waals surface area contributed by atoms with E-state index in [-0.39, 0.29) is 5.75 Å². The van der Waals surface area contributed by atoms with Gasteiger partial charge in [-0.2, -0.15) is 13.6 Å². The van der Waals surface area contributed by atoms with Crippen LogP contribution in [0.4, 0.5) is 0 Å². The molecule has 2 aromatic rings. The predicted octanol–water partition coefficient (Wildman–Crippen LogP) is 1.84. The predicted molar refractivity (Wildman–Crippen MR) is 91.0 cm³/mol. The van der Waals surface area contributed by atoms with E-state index in [0.717, 1.165) is 37.2 Å². The number of nitrogens with zero attached hydrogens (tertiary/aromatic N) is 1. The monoisotopic (exact) mass is 348 g/mol. The van der Waals surface area contributed by atoms with Crippen LogP contribution in [0.2, 0.25) is 0 Å². The molecule has 7 heteroatoms. The smallest absolute Gasteiger partial charge is 0.380 e. The second-order valence-electron chi connectivity index (χ2n) is 5.79. The van der Waals surface area contributed by atoms with Gasteiger partial charge in [0.2, 0.25) is 0 Å². The quantitative estimate of drug-likeness (QED) is 0.891. The van der Waals surface area contributed by atoms with E-state index in [2.05, 4.69) is 17.0 Å². The van der Waals surface area contributed by atoms with Crippen molar-refractivity contribution in [1.29, 1.82) is 0 Å². The summed E-state index contributed by atoms with van der Waals surface area (Å²) in [6.07, 6.45) is 0.813. The van der Waals surface area contributed by atoms with E-state index >= 15 is 0 Å². The molecule has 1 heterocycles. The standard InChI is InChI=1S/C17H20N2O4S/c1-22-16-10-15-12-19(11-13-5-3-2-4-6-13)8-7-14(15)9-17(16)23-24(18,20)21/h2-6,9-10H,7-8,11-12H2,1H3,(H2,18,20,21). The second-order valence-corrected chi connectivity index (χ2v) is 6.95. The van der Waals surface area contributed by atoms with Crippen molar-refractivity contribution < 1.29 is 17.3 Å². The van der Waals surface area contributed by atoms with Crippen molar-refractivity contribution in [2.45, 2.75) is 19.5 Å². The minimum Gasteiger partial charge on any atom is -0.493 e. The highest BCUT2D eigenvalue weighted by Gasteiger charge is 2.21. The normalized spacial score (nSPS) is 14.9. The van der Waals surface area contributed by atoms with Crippen LogP contribution < -0.4 is 14.1 Å². The average Bonchev–Trinajstić information content (AvgIpc) is 2.54. The van der Waals surface area contributed by atoms with Gasteiger partial charge in [0.25, 0.3) is 0 Å². The maximum Gasteiger partial charge on any atom is 0.380 e. The minimum atomic E-state index is -4.08. The van der Waals surface area contributed by atoms with Crippen molar-refractivity contribution in [1.82, 2.24) is 4.90 Å². The van der Waals surface area contributed by atoms with E-state index in [1.54, 1.807) is 6.07 Å². The van der Waals surface area contributed by atoms with Crippen LogP contribution >= 0.6 is 0 Å². The molecule has 0 fully saturated rings. The molecule has 0 bridgehead atoms. The van der Waals surface area contributed by atoms with Gasteiger partial charge in [0.05, 0.1) is 7.11 Å². The van der Waals surface area contributed by atoms with Gasteiger partial charge in [-0.15, -0.1) is 0 Å². The third-order valence-electron chi connectivity index (χ3n) is 4.03. The first-order valence-corrected chi connectivity index (χ1v) is 9.10. The van der Waals surface area contributed by atoms with Crippen LogP contribution in [-0.4, -0.2) is 27.0 Å². The lowest BCUT2D eigenvalue weighted by Gasteiger charge is -2.29. The van der Waals surface area contributed by atoms with E-state index in [1.807, 2.05) is 24.3 Å². The number of methoxy groups -OCH3 is 1. The molecule has 2 N–H and O–H groups in total. The van der Waals surface area contributed by atoms with Gasteiger partial charge in [-0.3, -0.25) is 4.90 Å². The molecule has 0 radical (unpaired) electrons. The van der Waals surface area contributed by atoms with Crippen LogP contribution in [0, 0.1) is 0 Å². The van der Waals surface area contributed by atoms with Crippen molar-refractivity contribution in [3.05, 3.63) is 59.2 Å². The number of hydrogen-bond acceptors (Lipinski definition) is 5. The van der Waals surface area contributed by atoms with Crippen LogP contribution in [0.3, 0.4) is 0 Å². The Kier molecular flexibility index (Phi) is 4.75. The molecule has 0 atom stereocenters. The molecule has 1 aliphatic rings. The van der Waals surface area contributed by atoms with Crippen LogP contribution in [0.1, 0.15) is 16.7 Å². The number of benzene rings is 2. The summed E-state index contributed by atoms with van der Waals surface area (Å²) in [5, 5.41) is 4.96. The molecule has 0 amide bonds. The van der Waals surface area contributed by atoms with Crippen molar-refractivity contribution >= 4 is 10.3 Å². The largest absolute Gasteiger partial charge is 0.493 e. The Hall–Kier alpha value is -2.09. The first kappa shape index (κ1) is 16.8. The molecule has 0 saturated carbocycles. The molecule has 6 nitrogen and oxygen atoms in total. The number of fused-ring (bicyclic) bond motifs is 1. The Morgan fingerprint density at radius 2 is 1.83 bits per heavy atom. The Labute approximate surface area is 142 Å². The van der Waals surface area contributed by atoms with Gasteiger partial charge in [-0.1, -0.05) is 30.3 Å². The topological polar surface area (TPSA) is 81.9 Å². The fourth-order valence-corrected chi connectivity index (χ4v) is 3.33. The first-order valence-electron chi connectivity index (χ1n) is 7.63. The lowest BCUT2D eigenvalue weighted by Crippen LogP contribution is -2.30. The van der Waals surface area contributed by atoms with Crippen molar-refractivity contribution in [3.63, 3.8) is 0 Å². The van der Waals surface area contributed by atoms with Crippen molar-refractivity contribution in [2.24, 2.45) is 5.14 Å². The fraction of sp³-hybridized carbons (Fsp3) is 0.294. The molecule has 1 aliphatic heterocycles. The van der Waals surface area contributed by atoms with Gasteiger partial charge in [0, 0.05) is 19.6 Å². The third-order valence-corrected chi connectivity index (χ3v) is 4.44. The van der Waals surface area contributed by atoms with Gasteiger partial charge in [0.15, 0.2) is 11.5 Å². The Bertz CT molecular complexity index is 822. The average molecular weight is 348 g/mol. The molecule has 3 rings (SSSR count). The van der Waals surface area contributed by atoms with Crippen LogP contribution in [0.5, 0.6) is 11.5 Å². The highest BCUT2D eigenvalue weighted by atomic mass is 32.2. The van der Waals surface area contributed by atoms with Gasteiger partial charge in [-0.05, 0) is 35.2 Å². The summed E-state index contributed by atoms with van der Waals surface area (Å²) in [6, 6.07) is 13.8. The lowest BCUT2D eigenvalue weighted by molar-refractivity contribution is 0.244. The third kappa shape index (κ3) is 4.05. The molecular weight excluding hydrogens is 328 g/mol. The second kappa shape index (κ2) is 6.80. The van der Waals surface area contributed by atoms with Gasteiger partial charge in [-0.25, -0.2) is 0 Å². The molecule has 2 aromatic carbocycles. The summed E-state index contributed by atoms with van der Waals surface area (Å²) < 4.78 is 32.4. The maximum absolute atomic E-state index is 11.2. The summed E-state index contributed by atoms with van der Waals surface area (Å²) in [6.45, 7) is 2.54. The molecular formula is C17H20N2O4S. The zero-order valence-electron chi connectivity index (χ0n) is 13.4. The summed E-state index contributed by atoms with van der Waals surface area (Å²) in [5.74, 6) is 0.500. The summed E-state index contributed by atoms with van der Waals surface area (Å²) in [5.41, 5.74) is 3.43. The Morgan fingerprint density at radius 3 is 2.50 bits per heavy atom. The van der Waals surface area contributed by atoms with Crippen LogP contribution in [-0.2, 0) is 29.8 Å². The van der Waals surface area contributed by atoms with E-state index in [1.165, 1.54) is 12.7 Å². The van der Waals surface area contributed by atoms with Crippen LogP contribution in [0.25, 0.3) is 0 Å². The molecule has 0 spiro atoms. The van der Waals surface area contributed by atoms with E-state index < -0.39 is 10.3 Å². The maximum atomic E-state index is 11.2. The Balaban J connectivity index is 1.81. The summed E-state index contributed by atoms with van der Waals surface area (Å²) in [4.78, 5) is 2.34. The Morgan fingerprint density at radius 1 is 1.12 bits per heavy atom.